The highest BCUT2D eigenvalue weighted by Crippen LogP contribution is 2.22. The van der Waals surface area contributed by atoms with Gasteiger partial charge in [-0.2, -0.15) is 5.10 Å². The maximum atomic E-state index is 12.2. The van der Waals surface area contributed by atoms with Gasteiger partial charge in [-0.15, -0.1) is 0 Å². The normalized spacial score (nSPS) is 14.2. The molecule has 7 nitrogen and oxygen atoms in total. The zero-order chi connectivity index (χ0) is 25.6. The van der Waals surface area contributed by atoms with Gasteiger partial charge in [-0.1, -0.05) is 50.1 Å². The average molecular weight is 494 g/mol. The number of rotatable bonds is 14. The van der Waals surface area contributed by atoms with Crippen molar-refractivity contribution in [2.75, 3.05) is 49.7 Å². The van der Waals surface area contributed by atoms with E-state index in [1.54, 1.807) is 0 Å². The third kappa shape index (κ3) is 9.61. The van der Waals surface area contributed by atoms with Crippen LogP contribution in [0.1, 0.15) is 69.2 Å². The van der Waals surface area contributed by atoms with E-state index in [-0.39, 0.29) is 5.97 Å². The van der Waals surface area contributed by atoms with Gasteiger partial charge in [0.25, 0.3) is 0 Å². The van der Waals surface area contributed by atoms with Gasteiger partial charge in [0.05, 0.1) is 19.4 Å². The van der Waals surface area contributed by atoms with Crippen molar-refractivity contribution in [2.24, 2.45) is 5.10 Å². The fourth-order valence-electron chi connectivity index (χ4n) is 4.56. The lowest BCUT2D eigenvalue weighted by atomic mass is 10.1. The summed E-state index contributed by atoms with van der Waals surface area (Å²) in [6, 6.07) is 12.5. The molecule has 196 valence electrons. The minimum absolute atomic E-state index is 0.122. The van der Waals surface area contributed by atoms with E-state index < -0.39 is 0 Å². The Balaban J connectivity index is 1.61. The number of pyridine rings is 1. The second-order valence-corrected chi connectivity index (χ2v) is 9.63. The molecule has 0 amide bonds. The van der Waals surface area contributed by atoms with E-state index in [9.17, 15) is 4.79 Å². The van der Waals surface area contributed by atoms with Crippen LogP contribution in [0.2, 0.25) is 0 Å². The van der Waals surface area contributed by atoms with Crippen molar-refractivity contribution in [3.8, 4) is 0 Å². The highest BCUT2D eigenvalue weighted by atomic mass is 16.5. The Hall–Kier alpha value is -2.93. The van der Waals surface area contributed by atoms with E-state index in [4.69, 9.17) is 9.72 Å². The quantitative estimate of drug-likeness (QED) is 0.164. The molecule has 1 fully saturated rings. The molecular formula is C29H43N5O2. The number of aromatic nitrogens is 1. The highest BCUT2D eigenvalue weighted by molar-refractivity contribution is 5.80. The summed E-state index contributed by atoms with van der Waals surface area (Å²) in [7, 11) is 0. The Morgan fingerprint density at radius 3 is 2.64 bits per heavy atom. The number of anilines is 2. The number of nitrogens with zero attached hydrogens (tertiary/aromatic N) is 4. The van der Waals surface area contributed by atoms with E-state index in [1.807, 2.05) is 18.3 Å². The van der Waals surface area contributed by atoms with Crippen molar-refractivity contribution in [2.45, 2.75) is 65.7 Å². The second-order valence-electron chi connectivity index (χ2n) is 9.63. The molecule has 1 aliphatic heterocycles. The maximum absolute atomic E-state index is 12.2. The van der Waals surface area contributed by atoms with Crippen LogP contribution >= 0.6 is 0 Å². The molecule has 1 N–H and O–H groups in total. The van der Waals surface area contributed by atoms with Crippen LogP contribution in [0.4, 0.5) is 11.5 Å². The number of aryl methyl sites for hydroxylation is 2. The first-order valence-electron chi connectivity index (χ1n) is 13.6. The predicted octanol–water partition coefficient (Wildman–Crippen LogP) is 5.42. The maximum Gasteiger partial charge on any atom is 0.320 e. The Morgan fingerprint density at radius 2 is 1.92 bits per heavy atom. The number of ether oxygens (including phenoxy) is 1. The van der Waals surface area contributed by atoms with Crippen LogP contribution in [0.5, 0.6) is 0 Å². The SMILES string of the molecule is CCCN(CCC)c1cc(CCCOC(=O)CN2CCCCC2)nc(N/N=C/c2cccc(C)c2)c1. The molecule has 0 unspecified atom stereocenters. The summed E-state index contributed by atoms with van der Waals surface area (Å²) in [6.45, 7) is 11.3. The number of likely N-dealkylation sites (tertiary alicyclic amines) is 1. The summed E-state index contributed by atoms with van der Waals surface area (Å²) in [6.07, 6.45) is 9.08. The van der Waals surface area contributed by atoms with E-state index in [2.05, 4.69) is 65.4 Å². The fraction of sp³-hybridized carbons (Fsp3) is 0.552. The smallest absolute Gasteiger partial charge is 0.320 e. The van der Waals surface area contributed by atoms with Gasteiger partial charge in [-0.05, 0) is 70.2 Å². The molecule has 2 heterocycles. The lowest BCUT2D eigenvalue weighted by Crippen LogP contribution is -2.35. The standard InChI is InChI=1S/C29H43N5O2/c1-4-14-34(15-5-2)27-20-26(13-10-18-36-29(35)23-33-16-7-6-8-17-33)31-28(21-27)32-30-22-25-12-9-11-24(3)19-25/h9,11-12,19-22H,4-8,10,13-18,23H2,1-3H3,(H,31,32)/b30-22+. The Labute approximate surface area is 216 Å². The third-order valence-corrected chi connectivity index (χ3v) is 6.29. The van der Waals surface area contributed by atoms with E-state index in [0.717, 1.165) is 74.6 Å². The minimum atomic E-state index is -0.122. The largest absolute Gasteiger partial charge is 0.465 e. The number of benzene rings is 1. The second kappa shape index (κ2) is 15.2. The van der Waals surface area contributed by atoms with Crippen LogP contribution in [0, 0.1) is 6.92 Å². The van der Waals surface area contributed by atoms with Crippen LogP contribution in [-0.4, -0.2) is 61.4 Å². The molecule has 1 saturated heterocycles. The molecule has 0 radical (unpaired) electrons. The molecule has 0 atom stereocenters. The molecule has 1 aliphatic rings. The summed E-state index contributed by atoms with van der Waals surface area (Å²) in [4.78, 5) is 21.6. The summed E-state index contributed by atoms with van der Waals surface area (Å²) in [5.41, 5.74) is 7.50. The number of nitrogens with one attached hydrogen (secondary N) is 1. The molecule has 0 bridgehead atoms. The summed E-state index contributed by atoms with van der Waals surface area (Å²) >= 11 is 0. The molecule has 3 rings (SSSR count). The first kappa shape index (κ1) is 27.7. The van der Waals surface area contributed by atoms with Gasteiger partial charge < -0.3 is 9.64 Å². The van der Waals surface area contributed by atoms with Crippen molar-refractivity contribution in [3.63, 3.8) is 0 Å². The number of hydrogen-bond donors (Lipinski definition) is 1. The molecule has 1 aromatic heterocycles. The van der Waals surface area contributed by atoms with Crippen LogP contribution < -0.4 is 10.3 Å². The number of hydrazone groups is 1. The van der Waals surface area contributed by atoms with Crippen molar-refractivity contribution in [3.05, 3.63) is 53.2 Å². The molecular weight excluding hydrogens is 450 g/mol. The van der Waals surface area contributed by atoms with Gasteiger partial charge in [0, 0.05) is 30.5 Å². The van der Waals surface area contributed by atoms with E-state index in [0.29, 0.717) is 13.2 Å². The molecule has 0 spiro atoms. The van der Waals surface area contributed by atoms with Gasteiger partial charge in [0.1, 0.15) is 5.82 Å². The van der Waals surface area contributed by atoms with Gasteiger partial charge in [-0.3, -0.25) is 15.1 Å². The van der Waals surface area contributed by atoms with Crippen LogP contribution in [-0.2, 0) is 16.0 Å². The molecule has 7 heteroatoms. The average Bonchev–Trinajstić information content (AvgIpc) is 2.87. The van der Waals surface area contributed by atoms with Crippen molar-refractivity contribution >= 4 is 23.7 Å². The van der Waals surface area contributed by atoms with Crippen LogP contribution in [0.25, 0.3) is 0 Å². The number of esters is 1. The van der Waals surface area contributed by atoms with E-state index >= 15 is 0 Å². The van der Waals surface area contributed by atoms with Crippen molar-refractivity contribution < 1.29 is 9.53 Å². The third-order valence-electron chi connectivity index (χ3n) is 6.29. The first-order chi connectivity index (χ1) is 17.6. The topological polar surface area (TPSA) is 70.1 Å². The summed E-state index contributed by atoms with van der Waals surface area (Å²) < 4.78 is 5.52. The fourth-order valence-corrected chi connectivity index (χ4v) is 4.56. The monoisotopic (exact) mass is 493 g/mol. The molecule has 0 saturated carbocycles. The molecule has 2 aromatic rings. The van der Waals surface area contributed by atoms with Gasteiger partial charge in [-0.25, -0.2) is 4.98 Å². The first-order valence-corrected chi connectivity index (χ1v) is 13.6. The van der Waals surface area contributed by atoms with E-state index in [1.165, 1.54) is 24.8 Å². The zero-order valence-electron chi connectivity index (χ0n) is 22.3. The number of hydrogen-bond acceptors (Lipinski definition) is 7. The van der Waals surface area contributed by atoms with Gasteiger partial charge >= 0.3 is 5.97 Å². The van der Waals surface area contributed by atoms with Crippen molar-refractivity contribution in [1.29, 1.82) is 0 Å². The summed E-state index contributed by atoms with van der Waals surface area (Å²) in [5.74, 6) is 0.606. The van der Waals surface area contributed by atoms with Gasteiger partial charge in [0.2, 0.25) is 0 Å². The summed E-state index contributed by atoms with van der Waals surface area (Å²) in [5, 5.41) is 4.43. The Morgan fingerprint density at radius 1 is 1.14 bits per heavy atom. The molecule has 1 aromatic carbocycles. The Kier molecular flexibility index (Phi) is 11.7. The van der Waals surface area contributed by atoms with Gasteiger partial charge in [0.15, 0.2) is 0 Å². The molecule has 36 heavy (non-hydrogen) atoms. The highest BCUT2D eigenvalue weighted by Gasteiger charge is 2.15. The van der Waals surface area contributed by atoms with Crippen LogP contribution in [0.15, 0.2) is 41.5 Å². The number of carbonyl (C=O) groups is 1. The predicted molar refractivity (Wildman–Crippen MR) is 149 cm³/mol. The van der Waals surface area contributed by atoms with Crippen molar-refractivity contribution in [1.82, 2.24) is 9.88 Å². The Bertz CT molecular complexity index is 966. The number of carbonyl (C=O) groups excluding carboxylic acids is 1. The lowest BCUT2D eigenvalue weighted by Gasteiger charge is -2.25. The zero-order valence-corrected chi connectivity index (χ0v) is 22.3. The lowest BCUT2D eigenvalue weighted by molar-refractivity contribution is -0.145. The van der Waals surface area contributed by atoms with Crippen LogP contribution in [0.3, 0.4) is 0 Å². The molecule has 0 aliphatic carbocycles. The number of piperidine rings is 1. The minimum Gasteiger partial charge on any atom is -0.465 e.